The maximum absolute atomic E-state index is 10.5. The Labute approximate surface area is 139 Å². The van der Waals surface area contributed by atoms with Crippen molar-refractivity contribution in [2.75, 3.05) is 37.0 Å². The normalized spacial score (nSPS) is 15.2. The van der Waals surface area contributed by atoms with Crippen molar-refractivity contribution in [2.45, 2.75) is 25.4 Å². The second-order valence-corrected chi connectivity index (χ2v) is 6.47. The first-order chi connectivity index (χ1) is 11.1. The van der Waals surface area contributed by atoms with E-state index in [-0.39, 0.29) is 0 Å². The molecule has 1 unspecified atom stereocenters. The van der Waals surface area contributed by atoms with Crippen LogP contribution in [0.3, 0.4) is 0 Å². The van der Waals surface area contributed by atoms with Gasteiger partial charge in [-0.05, 0) is 48.6 Å². The lowest BCUT2D eigenvalue weighted by molar-refractivity contribution is 0.169. The van der Waals surface area contributed by atoms with Gasteiger partial charge in [0.25, 0.3) is 0 Å². The second-order valence-electron chi connectivity index (χ2n) is 6.47. The van der Waals surface area contributed by atoms with E-state index < -0.39 is 6.10 Å². The standard InChI is InChI=1S/C20H26N2O/c1-21(18-8-4-3-5-9-18)14-12-20(23)17-10-11-19-16(15-17)7-6-13-22(19)2/h3-5,8-11,15,20,23H,6-7,12-14H2,1-2H3. The highest BCUT2D eigenvalue weighted by Crippen LogP contribution is 2.29. The molecule has 1 aliphatic rings. The van der Waals surface area contributed by atoms with Crippen molar-refractivity contribution in [3.05, 3.63) is 59.7 Å². The van der Waals surface area contributed by atoms with E-state index in [0.717, 1.165) is 31.5 Å². The number of rotatable bonds is 5. The van der Waals surface area contributed by atoms with Gasteiger partial charge in [-0.1, -0.05) is 30.3 Å². The molecule has 1 atom stereocenters. The van der Waals surface area contributed by atoms with Gasteiger partial charge in [-0.3, -0.25) is 0 Å². The molecule has 0 spiro atoms. The summed E-state index contributed by atoms with van der Waals surface area (Å²) in [6.45, 7) is 1.96. The number of aliphatic hydroxyl groups is 1. The molecular formula is C20H26N2O. The zero-order chi connectivity index (χ0) is 16.2. The average Bonchev–Trinajstić information content (AvgIpc) is 2.60. The molecule has 3 nitrogen and oxygen atoms in total. The fraction of sp³-hybridized carbons (Fsp3) is 0.400. The number of fused-ring (bicyclic) bond motifs is 1. The highest BCUT2D eigenvalue weighted by Gasteiger charge is 2.16. The first-order valence-corrected chi connectivity index (χ1v) is 8.43. The van der Waals surface area contributed by atoms with Gasteiger partial charge >= 0.3 is 0 Å². The van der Waals surface area contributed by atoms with Crippen LogP contribution in [0.1, 0.15) is 30.1 Å². The van der Waals surface area contributed by atoms with Crippen LogP contribution in [0.15, 0.2) is 48.5 Å². The van der Waals surface area contributed by atoms with Crippen molar-refractivity contribution in [1.82, 2.24) is 0 Å². The Morgan fingerprint density at radius 3 is 2.74 bits per heavy atom. The fourth-order valence-corrected chi connectivity index (χ4v) is 3.31. The van der Waals surface area contributed by atoms with Crippen LogP contribution in [0.2, 0.25) is 0 Å². The number of anilines is 2. The van der Waals surface area contributed by atoms with Crippen molar-refractivity contribution in [1.29, 1.82) is 0 Å². The lowest BCUT2D eigenvalue weighted by Crippen LogP contribution is -2.25. The molecule has 23 heavy (non-hydrogen) atoms. The van der Waals surface area contributed by atoms with E-state index in [1.54, 1.807) is 0 Å². The van der Waals surface area contributed by atoms with Crippen molar-refractivity contribution in [2.24, 2.45) is 0 Å². The van der Waals surface area contributed by atoms with E-state index in [1.165, 1.54) is 23.4 Å². The molecule has 0 bridgehead atoms. The average molecular weight is 310 g/mol. The fourth-order valence-electron chi connectivity index (χ4n) is 3.31. The number of aliphatic hydroxyl groups excluding tert-OH is 1. The molecule has 0 saturated carbocycles. The van der Waals surface area contributed by atoms with Gasteiger partial charge in [0, 0.05) is 38.6 Å². The number of hydrogen-bond donors (Lipinski definition) is 1. The molecule has 0 aliphatic carbocycles. The lowest BCUT2D eigenvalue weighted by atomic mass is 9.96. The summed E-state index contributed by atoms with van der Waals surface area (Å²) >= 11 is 0. The molecule has 1 N–H and O–H groups in total. The number of nitrogens with zero attached hydrogens (tertiary/aromatic N) is 2. The topological polar surface area (TPSA) is 26.7 Å². The number of para-hydroxylation sites is 1. The number of aryl methyl sites for hydroxylation is 1. The number of hydrogen-bond acceptors (Lipinski definition) is 3. The van der Waals surface area contributed by atoms with Gasteiger partial charge in [-0.2, -0.15) is 0 Å². The van der Waals surface area contributed by atoms with Crippen LogP contribution in [0.4, 0.5) is 11.4 Å². The molecule has 0 amide bonds. The van der Waals surface area contributed by atoms with Gasteiger partial charge in [0.1, 0.15) is 0 Å². The summed E-state index contributed by atoms with van der Waals surface area (Å²) in [5.41, 5.74) is 4.91. The van der Waals surface area contributed by atoms with Crippen LogP contribution in [-0.2, 0) is 6.42 Å². The minimum atomic E-state index is -0.404. The maximum atomic E-state index is 10.5. The summed E-state index contributed by atoms with van der Waals surface area (Å²) in [6, 6.07) is 16.7. The van der Waals surface area contributed by atoms with Crippen LogP contribution in [0.5, 0.6) is 0 Å². The van der Waals surface area contributed by atoms with Crippen LogP contribution >= 0.6 is 0 Å². The van der Waals surface area contributed by atoms with Crippen LogP contribution in [-0.4, -0.2) is 32.3 Å². The minimum Gasteiger partial charge on any atom is -0.388 e. The van der Waals surface area contributed by atoms with E-state index >= 15 is 0 Å². The predicted molar refractivity (Wildman–Crippen MR) is 97.3 cm³/mol. The molecule has 0 saturated heterocycles. The van der Waals surface area contributed by atoms with Gasteiger partial charge in [0.15, 0.2) is 0 Å². The third-order valence-corrected chi connectivity index (χ3v) is 4.77. The summed E-state index contributed by atoms with van der Waals surface area (Å²) in [5.74, 6) is 0. The molecule has 0 radical (unpaired) electrons. The van der Waals surface area contributed by atoms with Gasteiger partial charge in [0.2, 0.25) is 0 Å². The molecule has 1 heterocycles. The Kier molecular flexibility index (Phi) is 4.87. The molecule has 1 aliphatic heterocycles. The van der Waals surface area contributed by atoms with Crippen molar-refractivity contribution >= 4 is 11.4 Å². The summed E-state index contributed by atoms with van der Waals surface area (Å²) in [7, 11) is 4.22. The molecule has 0 fully saturated rings. The summed E-state index contributed by atoms with van der Waals surface area (Å²) in [6.07, 6.45) is 2.64. The highest BCUT2D eigenvalue weighted by atomic mass is 16.3. The Morgan fingerprint density at radius 1 is 1.17 bits per heavy atom. The van der Waals surface area contributed by atoms with Crippen molar-refractivity contribution < 1.29 is 5.11 Å². The lowest BCUT2D eigenvalue weighted by Gasteiger charge is -2.28. The zero-order valence-electron chi connectivity index (χ0n) is 14.1. The van der Waals surface area contributed by atoms with E-state index in [9.17, 15) is 5.11 Å². The van der Waals surface area contributed by atoms with Gasteiger partial charge in [0.05, 0.1) is 6.10 Å². The van der Waals surface area contributed by atoms with Crippen LogP contribution in [0, 0.1) is 0 Å². The predicted octanol–water partition coefficient (Wildman–Crippen LogP) is 3.63. The summed E-state index contributed by atoms with van der Waals surface area (Å²) in [4.78, 5) is 4.49. The molecule has 3 heteroatoms. The van der Waals surface area contributed by atoms with E-state index in [2.05, 4.69) is 54.2 Å². The first kappa shape index (κ1) is 15.9. The monoisotopic (exact) mass is 310 g/mol. The van der Waals surface area contributed by atoms with Crippen molar-refractivity contribution in [3.63, 3.8) is 0 Å². The van der Waals surface area contributed by atoms with E-state index in [0.29, 0.717) is 0 Å². The second kappa shape index (κ2) is 7.05. The largest absolute Gasteiger partial charge is 0.388 e. The summed E-state index contributed by atoms with van der Waals surface area (Å²) < 4.78 is 0. The minimum absolute atomic E-state index is 0.404. The molecular weight excluding hydrogens is 284 g/mol. The molecule has 2 aromatic carbocycles. The first-order valence-electron chi connectivity index (χ1n) is 8.43. The van der Waals surface area contributed by atoms with E-state index in [4.69, 9.17) is 0 Å². The third-order valence-electron chi connectivity index (χ3n) is 4.77. The smallest absolute Gasteiger partial charge is 0.0807 e. The van der Waals surface area contributed by atoms with Crippen LogP contribution < -0.4 is 9.80 Å². The van der Waals surface area contributed by atoms with Crippen LogP contribution in [0.25, 0.3) is 0 Å². The van der Waals surface area contributed by atoms with Gasteiger partial charge in [-0.15, -0.1) is 0 Å². The number of benzene rings is 2. The summed E-state index contributed by atoms with van der Waals surface area (Å²) in [5, 5.41) is 10.5. The Hall–Kier alpha value is -2.00. The SMILES string of the molecule is CN(CCC(O)c1ccc2c(c1)CCCN2C)c1ccccc1. The molecule has 122 valence electrons. The highest BCUT2D eigenvalue weighted by molar-refractivity contribution is 5.56. The van der Waals surface area contributed by atoms with Gasteiger partial charge < -0.3 is 14.9 Å². The Bertz CT molecular complexity index is 641. The maximum Gasteiger partial charge on any atom is 0.0807 e. The third kappa shape index (κ3) is 3.67. The van der Waals surface area contributed by atoms with E-state index in [1.807, 2.05) is 18.2 Å². The molecule has 3 rings (SSSR count). The quantitative estimate of drug-likeness (QED) is 0.913. The molecule has 2 aromatic rings. The Balaban J connectivity index is 1.63. The Morgan fingerprint density at radius 2 is 1.96 bits per heavy atom. The van der Waals surface area contributed by atoms with Crippen molar-refractivity contribution in [3.8, 4) is 0 Å². The zero-order valence-corrected chi connectivity index (χ0v) is 14.1. The molecule has 0 aromatic heterocycles. The van der Waals surface area contributed by atoms with Gasteiger partial charge in [-0.25, -0.2) is 0 Å².